The maximum Gasteiger partial charge on any atom is 0.230 e. The molecule has 4 rings (SSSR count). The van der Waals surface area contributed by atoms with Gasteiger partial charge in [-0.2, -0.15) is 0 Å². The smallest absolute Gasteiger partial charge is 0.230 e. The lowest BCUT2D eigenvalue weighted by Crippen LogP contribution is -2.41. The number of rotatable bonds is 3. The van der Waals surface area contributed by atoms with E-state index in [-0.39, 0.29) is 17.9 Å². The first-order valence-electron chi connectivity index (χ1n) is 8.46. The number of fused-ring (bicyclic) bond motifs is 2. The Morgan fingerprint density at radius 1 is 1.27 bits per heavy atom. The van der Waals surface area contributed by atoms with Crippen LogP contribution in [0.25, 0.3) is 0 Å². The van der Waals surface area contributed by atoms with Crippen LogP contribution in [0.2, 0.25) is 10.0 Å². The quantitative estimate of drug-likeness (QED) is 0.837. The third-order valence-electron chi connectivity index (χ3n) is 5.14. The lowest BCUT2D eigenvalue weighted by molar-refractivity contribution is -0.121. The van der Waals surface area contributed by atoms with E-state index in [4.69, 9.17) is 27.9 Å². The van der Waals surface area contributed by atoms with Gasteiger partial charge in [-0.15, -0.1) is 0 Å². The first-order valence-corrected chi connectivity index (χ1v) is 9.21. The summed E-state index contributed by atoms with van der Waals surface area (Å²) < 4.78 is 5.91. The number of aliphatic hydroxyl groups is 1. The van der Waals surface area contributed by atoms with E-state index >= 15 is 0 Å². The minimum absolute atomic E-state index is 0.159. The van der Waals surface area contributed by atoms with Crippen molar-refractivity contribution in [2.45, 2.75) is 37.6 Å². The van der Waals surface area contributed by atoms with E-state index in [1.54, 1.807) is 24.4 Å². The molecule has 2 aromatic rings. The highest BCUT2D eigenvalue weighted by atomic mass is 35.5. The number of hydrogen-bond acceptors (Lipinski definition) is 4. The zero-order chi connectivity index (χ0) is 18.4. The second kappa shape index (κ2) is 6.82. The molecule has 2 saturated heterocycles. The summed E-state index contributed by atoms with van der Waals surface area (Å²) in [5.41, 5.74) is 2.37. The van der Waals surface area contributed by atoms with Crippen LogP contribution >= 0.6 is 23.2 Å². The monoisotopic (exact) mass is 392 g/mol. The summed E-state index contributed by atoms with van der Waals surface area (Å²) in [6.07, 6.45) is 0.939. The molecule has 0 unspecified atom stereocenters. The normalized spacial score (nSPS) is 29.8. The second-order valence-electron chi connectivity index (χ2n) is 6.84. The van der Waals surface area contributed by atoms with Crippen molar-refractivity contribution in [2.75, 3.05) is 5.32 Å². The van der Waals surface area contributed by atoms with Crippen LogP contribution in [0, 0.1) is 12.8 Å². The summed E-state index contributed by atoms with van der Waals surface area (Å²) in [7, 11) is 0. The van der Waals surface area contributed by atoms with Crippen molar-refractivity contribution in [1.82, 2.24) is 4.98 Å². The Morgan fingerprint density at radius 2 is 2.08 bits per heavy atom. The number of halogens is 2. The van der Waals surface area contributed by atoms with Crippen molar-refractivity contribution < 1.29 is 14.6 Å². The third-order valence-corrected chi connectivity index (χ3v) is 5.87. The van der Waals surface area contributed by atoms with Crippen molar-refractivity contribution >= 4 is 34.8 Å². The molecule has 5 nitrogen and oxygen atoms in total. The summed E-state index contributed by atoms with van der Waals surface area (Å²) in [4.78, 5) is 17.3. The van der Waals surface area contributed by atoms with Gasteiger partial charge in [0.15, 0.2) is 0 Å². The van der Waals surface area contributed by atoms with Crippen molar-refractivity contribution in [2.24, 2.45) is 5.92 Å². The Balaban J connectivity index is 1.61. The van der Waals surface area contributed by atoms with Gasteiger partial charge in [-0.25, -0.2) is 0 Å². The fourth-order valence-electron chi connectivity index (χ4n) is 3.92. The summed E-state index contributed by atoms with van der Waals surface area (Å²) in [6, 6.07) is 8.82. The van der Waals surface area contributed by atoms with Crippen LogP contribution in [-0.2, 0) is 9.53 Å². The van der Waals surface area contributed by atoms with E-state index in [1.165, 1.54) is 0 Å². The average Bonchev–Trinajstić information content (AvgIpc) is 3.16. The van der Waals surface area contributed by atoms with Gasteiger partial charge in [-0.05, 0) is 36.8 Å². The molecule has 2 aliphatic rings. The number of anilines is 1. The number of hydrogen-bond donors (Lipinski definition) is 2. The summed E-state index contributed by atoms with van der Waals surface area (Å²) in [5.74, 6) is -0.796. The summed E-state index contributed by atoms with van der Waals surface area (Å²) >= 11 is 12.0. The number of aliphatic hydroxyl groups excluding tert-OH is 1. The van der Waals surface area contributed by atoms with Crippen LogP contribution in [0.1, 0.15) is 23.6 Å². The zero-order valence-corrected chi connectivity index (χ0v) is 15.5. The standard InChI is InChI=1S/C19H18Cl2N2O3/c1-9-2-3-10(8-22-9)16-17(15-7-14(24)18(16)26-15)19(25)23-11-4-5-12(20)13(21)6-11/h2-6,8,14-18,24H,7H2,1H3,(H,23,25)/t14-,15+,16+,17+,18-/m0/s1. The second-order valence-corrected chi connectivity index (χ2v) is 7.66. The number of aromatic nitrogens is 1. The molecule has 2 aliphatic heterocycles. The number of pyridine rings is 1. The number of nitrogens with zero attached hydrogens (tertiary/aromatic N) is 1. The van der Waals surface area contributed by atoms with Gasteiger partial charge in [-0.3, -0.25) is 9.78 Å². The molecule has 1 aromatic heterocycles. The van der Waals surface area contributed by atoms with Gasteiger partial charge in [0, 0.05) is 29.9 Å². The van der Waals surface area contributed by atoms with Gasteiger partial charge >= 0.3 is 0 Å². The van der Waals surface area contributed by atoms with Gasteiger partial charge in [0.1, 0.15) is 0 Å². The average molecular weight is 393 g/mol. The van der Waals surface area contributed by atoms with Gasteiger partial charge in [0.25, 0.3) is 0 Å². The van der Waals surface area contributed by atoms with Crippen molar-refractivity contribution in [3.8, 4) is 0 Å². The summed E-state index contributed by atoms with van der Waals surface area (Å²) in [5, 5.41) is 14.0. The minimum atomic E-state index is -0.569. The third kappa shape index (κ3) is 3.09. The SMILES string of the molecule is Cc1ccc([C@H]2[C@H]3O[C@H](C[C@@H]3O)[C@H]2C(=O)Nc2ccc(Cl)c(Cl)c2)cn1. The topological polar surface area (TPSA) is 71.5 Å². The molecule has 0 radical (unpaired) electrons. The Bertz CT molecular complexity index is 843. The Morgan fingerprint density at radius 3 is 2.77 bits per heavy atom. The molecule has 0 saturated carbocycles. The van der Waals surface area contributed by atoms with Crippen LogP contribution in [0.5, 0.6) is 0 Å². The molecule has 26 heavy (non-hydrogen) atoms. The predicted octanol–water partition coefficient (Wildman–Crippen LogP) is 3.57. The first kappa shape index (κ1) is 17.7. The van der Waals surface area contributed by atoms with E-state index in [9.17, 15) is 9.90 Å². The molecule has 2 bridgehead atoms. The molecule has 0 spiro atoms. The van der Waals surface area contributed by atoms with Crippen LogP contribution in [-0.4, -0.2) is 34.3 Å². The molecular formula is C19H18Cl2N2O3. The van der Waals surface area contributed by atoms with E-state index < -0.39 is 18.1 Å². The number of nitrogens with one attached hydrogen (secondary N) is 1. The zero-order valence-electron chi connectivity index (χ0n) is 14.0. The van der Waals surface area contributed by atoms with E-state index in [0.29, 0.717) is 22.2 Å². The fourth-order valence-corrected chi connectivity index (χ4v) is 4.21. The Hall–Kier alpha value is -1.66. The largest absolute Gasteiger partial charge is 0.390 e. The van der Waals surface area contributed by atoms with Crippen molar-refractivity contribution in [3.63, 3.8) is 0 Å². The molecule has 2 fully saturated rings. The molecule has 3 heterocycles. The van der Waals surface area contributed by atoms with Crippen LogP contribution in [0.15, 0.2) is 36.5 Å². The van der Waals surface area contributed by atoms with Crippen LogP contribution in [0.4, 0.5) is 5.69 Å². The van der Waals surface area contributed by atoms with Gasteiger partial charge in [-0.1, -0.05) is 29.3 Å². The molecule has 0 aliphatic carbocycles. The van der Waals surface area contributed by atoms with E-state index in [1.807, 2.05) is 19.1 Å². The summed E-state index contributed by atoms with van der Waals surface area (Å²) in [6.45, 7) is 1.91. The molecule has 1 amide bonds. The van der Waals surface area contributed by atoms with E-state index in [2.05, 4.69) is 10.3 Å². The highest BCUT2D eigenvalue weighted by Gasteiger charge is 2.57. The maximum atomic E-state index is 13.0. The van der Waals surface area contributed by atoms with Gasteiger partial charge < -0.3 is 15.2 Å². The Labute approximate surface area is 161 Å². The van der Waals surface area contributed by atoms with Crippen LogP contribution < -0.4 is 5.32 Å². The molecule has 136 valence electrons. The number of ether oxygens (including phenoxy) is 1. The lowest BCUT2D eigenvalue weighted by Gasteiger charge is -2.30. The highest BCUT2D eigenvalue weighted by molar-refractivity contribution is 6.42. The molecule has 7 heteroatoms. The maximum absolute atomic E-state index is 13.0. The molecule has 1 aromatic carbocycles. The molecule has 2 N–H and O–H groups in total. The first-order chi connectivity index (χ1) is 12.4. The molecule has 5 atom stereocenters. The highest BCUT2D eigenvalue weighted by Crippen LogP contribution is 2.49. The number of amides is 1. The predicted molar refractivity (Wildman–Crippen MR) is 99.6 cm³/mol. The number of carbonyl (C=O) groups excluding carboxylic acids is 1. The molecular weight excluding hydrogens is 375 g/mol. The van der Waals surface area contributed by atoms with Gasteiger partial charge in [0.2, 0.25) is 5.91 Å². The van der Waals surface area contributed by atoms with Crippen molar-refractivity contribution in [1.29, 1.82) is 0 Å². The Kier molecular flexibility index (Phi) is 4.65. The fraction of sp³-hybridized carbons (Fsp3) is 0.368. The minimum Gasteiger partial charge on any atom is -0.390 e. The number of benzene rings is 1. The van der Waals surface area contributed by atoms with Gasteiger partial charge in [0.05, 0.1) is 34.3 Å². The number of aryl methyl sites for hydroxylation is 1. The lowest BCUT2D eigenvalue weighted by atomic mass is 9.74. The number of carbonyl (C=O) groups is 1. The van der Waals surface area contributed by atoms with E-state index in [0.717, 1.165) is 11.3 Å². The van der Waals surface area contributed by atoms with Crippen molar-refractivity contribution in [3.05, 3.63) is 57.8 Å². The van der Waals surface area contributed by atoms with Crippen LogP contribution in [0.3, 0.4) is 0 Å².